The van der Waals surface area contributed by atoms with Gasteiger partial charge >= 0.3 is 18.1 Å². The predicted octanol–water partition coefficient (Wildman–Crippen LogP) is 5.92. The molecule has 0 radical (unpaired) electrons. The molecule has 5 amide bonds. The fourth-order valence-electron chi connectivity index (χ4n) is 10.2. The maximum Gasteiger partial charge on any atom is 0.410 e. The predicted molar refractivity (Wildman–Crippen MR) is 310 cm³/mol. The van der Waals surface area contributed by atoms with Crippen LogP contribution in [0.25, 0.3) is 11.1 Å². The minimum atomic E-state index is -1.24. The number of aromatic nitrogens is 4. The molecule has 5 aromatic rings. The highest BCUT2D eigenvalue weighted by molar-refractivity contribution is 5.92. The van der Waals surface area contributed by atoms with Gasteiger partial charge in [-0.3, -0.25) is 24.1 Å². The first-order chi connectivity index (χ1) is 40.7. The second-order valence-electron chi connectivity index (χ2n) is 20.8. The Labute approximate surface area is 488 Å². The molecule has 2 fully saturated rings. The Bertz CT molecular complexity index is 3220. The van der Waals surface area contributed by atoms with Crippen LogP contribution in [0.3, 0.4) is 0 Å². The molecular formula is C61H71N13O10. The number of hydrogen-bond acceptors (Lipinski definition) is 15. The highest BCUT2D eigenvalue weighted by Crippen LogP contribution is 2.44. The molecule has 2 saturated heterocycles. The van der Waals surface area contributed by atoms with Gasteiger partial charge in [0, 0.05) is 32.0 Å². The van der Waals surface area contributed by atoms with E-state index in [4.69, 9.17) is 29.5 Å². The molecule has 4 N–H and O–H groups in total. The molecule has 0 saturated carbocycles. The molecule has 84 heavy (non-hydrogen) atoms. The van der Waals surface area contributed by atoms with Crippen LogP contribution in [0.15, 0.2) is 125 Å². The number of hydrogen-bond donors (Lipinski definition) is 3. The fraction of sp³-hybridized carbons (Fsp3) is 0.426. The number of para-hydroxylation sites is 2. The largest absolute Gasteiger partial charge is 0.448 e. The van der Waals surface area contributed by atoms with E-state index < -0.39 is 60.2 Å². The molecule has 0 unspecified atom stereocenters. The number of likely N-dealkylation sites (N-methyl/N-ethyl adjacent to an activating group) is 1. The van der Waals surface area contributed by atoms with Crippen LogP contribution in [-0.2, 0) is 39.9 Å². The normalized spacial score (nSPS) is 17.3. The lowest BCUT2D eigenvalue weighted by Gasteiger charge is -2.33. The lowest BCUT2D eigenvalue weighted by molar-refractivity contribution is -0.142. The van der Waals surface area contributed by atoms with Crippen LogP contribution in [0.5, 0.6) is 17.5 Å². The molecule has 1 aliphatic carbocycles. The Morgan fingerprint density at radius 2 is 1.25 bits per heavy atom. The van der Waals surface area contributed by atoms with E-state index in [1.807, 2.05) is 72.8 Å². The van der Waals surface area contributed by atoms with Crippen molar-refractivity contribution in [1.29, 1.82) is 0 Å². The quantitative estimate of drug-likeness (QED) is 0.0181. The fourth-order valence-corrected chi connectivity index (χ4v) is 10.2. The first-order valence-electron chi connectivity index (χ1n) is 28.1. The molecule has 23 nitrogen and oxygen atoms in total. The maximum absolute atomic E-state index is 14.7. The van der Waals surface area contributed by atoms with E-state index in [-0.39, 0.29) is 68.7 Å². The molecule has 3 aliphatic rings. The lowest BCUT2D eigenvalue weighted by atomic mass is 9.98. The van der Waals surface area contributed by atoms with E-state index in [9.17, 15) is 24.0 Å². The van der Waals surface area contributed by atoms with Gasteiger partial charge in [-0.1, -0.05) is 126 Å². The van der Waals surface area contributed by atoms with Crippen LogP contribution in [0, 0.1) is 29.6 Å². The standard InChI is InChI=1S/C61H71N13O10/c1-40(2)55(75)64-53(58(78)73-34-22-24-45(73)38-74-60(67-69-70-74)84-47-27-13-10-14-28-47)42(4)80-35-19-7-8-20-36-81-43(5)54(57(77)72-33-21-23-44(72)37-63-59(66-68-62)83-46-25-11-9-12-26-46)65-56(76)41(3)71(6)61(79)82-39-52-50-31-17-15-29-48(50)49-30-16-18-32-51(49)52/h9-18,25-32,40-45,52-54H,21-24,33-39H2,1-6H3,(H,64,75)(H,65,76)(H2,62,63,66)/t41-,42+,43+,44-,45-,53-,54-/m0/s1. The van der Waals surface area contributed by atoms with Crippen LogP contribution in [0.4, 0.5) is 4.79 Å². The number of fused-ring (bicyclic) bond motifs is 3. The molecule has 2 aliphatic heterocycles. The number of nitrogens with one attached hydrogen (secondary N) is 2. The van der Waals surface area contributed by atoms with Crippen molar-refractivity contribution in [2.75, 3.05) is 46.5 Å². The van der Waals surface area contributed by atoms with Gasteiger partial charge in [-0.15, -0.1) is 0 Å². The SMILES string of the molecule is CC(C)C(=O)N[C@H](C(=O)N1CCC[C@H]1Cn1nnnc1Oc1ccccc1)[C@@H](C)OCC#CC#CCO[C@H](C)[C@H](NC(=O)[C@H](C)N(C)C(=O)OCC1c2ccccc2-c2ccccc21)C(=O)N1CCC[C@H]1CN=C(N=NN)Oc1ccccc1. The van der Waals surface area contributed by atoms with Crippen LogP contribution in [0.1, 0.15) is 77.3 Å². The molecule has 0 spiro atoms. The number of aliphatic imine (C=N–C) groups is 1. The zero-order valence-corrected chi connectivity index (χ0v) is 48.0. The topological polar surface area (TPSA) is 272 Å². The third kappa shape index (κ3) is 15.7. The highest BCUT2D eigenvalue weighted by Gasteiger charge is 2.40. The molecule has 23 heteroatoms. The molecule has 4 aromatic carbocycles. The van der Waals surface area contributed by atoms with Gasteiger partial charge < -0.3 is 50.0 Å². The van der Waals surface area contributed by atoms with Crippen molar-refractivity contribution in [3.8, 4) is 52.3 Å². The van der Waals surface area contributed by atoms with Gasteiger partial charge in [-0.25, -0.2) is 9.79 Å². The number of amides is 5. The smallest absolute Gasteiger partial charge is 0.410 e. The number of nitrogens with two attached hydrogens (primary N) is 1. The molecule has 3 heterocycles. The van der Waals surface area contributed by atoms with Crippen molar-refractivity contribution >= 4 is 35.7 Å². The molecule has 0 bridgehead atoms. The summed E-state index contributed by atoms with van der Waals surface area (Å²) in [5.41, 5.74) is 4.26. The van der Waals surface area contributed by atoms with Crippen molar-refractivity contribution in [3.63, 3.8) is 0 Å². The van der Waals surface area contributed by atoms with E-state index in [0.29, 0.717) is 43.9 Å². The molecule has 7 atom stereocenters. The van der Waals surface area contributed by atoms with Crippen molar-refractivity contribution in [1.82, 2.24) is 45.5 Å². The molecule has 1 aromatic heterocycles. The molecule has 440 valence electrons. The average molecular weight is 1150 g/mol. The van der Waals surface area contributed by atoms with Crippen molar-refractivity contribution < 1.29 is 47.7 Å². The number of nitrogens with zero attached hydrogens (tertiary/aromatic N) is 10. The Balaban J connectivity index is 0.895. The van der Waals surface area contributed by atoms with E-state index in [1.165, 1.54) is 16.6 Å². The van der Waals surface area contributed by atoms with Crippen LogP contribution < -0.4 is 25.9 Å². The number of carbonyl (C=O) groups is 5. The van der Waals surface area contributed by atoms with Gasteiger partial charge in [-0.05, 0) is 115 Å². The van der Waals surface area contributed by atoms with E-state index in [0.717, 1.165) is 28.7 Å². The van der Waals surface area contributed by atoms with Crippen LogP contribution >= 0.6 is 0 Å². The van der Waals surface area contributed by atoms with E-state index in [1.54, 1.807) is 80.8 Å². The second-order valence-corrected chi connectivity index (χ2v) is 20.8. The van der Waals surface area contributed by atoms with Gasteiger partial charge in [-0.2, -0.15) is 4.68 Å². The zero-order chi connectivity index (χ0) is 59.5. The minimum Gasteiger partial charge on any atom is -0.448 e. The van der Waals surface area contributed by atoms with E-state index in [2.05, 4.69) is 65.2 Å². The Hall–Kier alpha value is -9.19. The maximum atomic E-state index is 14.7. The molecular weight excluding hydrogens is 1070 g/mol. The second kappa shape index (κ2) is 29.7. The number of rotatable bonds is 22. The zero-order valence-electron chi connectivity index (χ0n) is 48.0. The van der Waals surface area contributed by atoms with Gasteiger partial charge in [0.05, 0.1) is 37.4 Å². The number of likely N-dealkylation sites (tertiary alicyclic amines) is 2. The molecule has 8 rings (SSSR count). The first kappa shape index (κ1) is 60.9. The number of tetrazole rings is 1. The van der Waals surface area contributed by atoms with Crippen molar-refractivity contribution in [2.45, 2.75) is 115 Å². The summed E-state index contributed by atoms with van der Waals surface area (Å²) in [6.07, 6.45) is 0.232. The van der Waals surface area contributed by atoms with Crippen molar-refractivity contribution in [2.24, 2.45) is 27.1 Å². The van der Waals surface area contributed by atoms with Gasteiger partial charge in [0.25, 0.3) is 0 Å². The number of carbonyl (C=O) groups excluding carboxylic acids is 5. The van der Waals surface area contributed by atoms with E-state index >= 15 is 0 Å². The monoisotopic (exact) mass is 1150 g/mol. The highest BCUT2D eigenvalue weighted by atomic mass is 16.6. The summed E-state index contributed by atoms with van der Waals surface area (Å²) in [5.74, 6) is 15.3. The summed E-state index contributed by atoms with van der Waals surface area (Å²) < 4.78 is 31.2. The van der Waals surface area contributed by atoms with Crippen molar-refractivity contribution in [3.05, 3.63) is 120 Å². The summed E-state index contributed by atoms with van der Waals surface area (Å²) in [4.78, 5) is 78.9. The third-order valence-electron chi connectivity index (χ3n) is 14.9. The Morgan fingerprint density at radius 1 is 0.714 bits per heavy atom. The summed E-state index contributed by atoms with van der Waals surface area (Å²) in [7, 11) is 1.47. The summed E-state index contributed by atoms with van der Waals surface area (Å²) in [6.45, 7) is 9.31. The summed E-state index contributed by atoms with van der Waals surface area (Å²) >= 11 is 0. The lowest BCUT2D eigenvalue weighted by Crippen LogP contribution is -2.58. The summed E-state index contributed by atoms with van der Waals surface area (Å²) in [5, 5.41) is 24.9. The summed E-state index contributed by atoms with van der Waals surface area (Å²) in [6, 6.07) is 30.0. The number of ether oxygens (including phenoxy) is 5. The average Bonchev–Trinajstić information content (AvgIpc) is 2.93. The van der Waals surface area contributed by atoms with Gasteiger partial charge in [0.2, 0.25) is 23.6 Å². The number of benzene rings is 4. The van der Waals surface area contributed by atoms with Crippen LogP contribution in [0.2, 0.25) is 0 Å². The first-order valence-corrected chi connectivity index (χ1v) is 28.1. The Morgan fingerprint density at radius 3 is 1.83 bits per heavy atom. The van der Waals surface area contributed by atoms with Crippen LogP contribution in [-0.4, -0.2) is 160 Å². The minimum absolute atomic E-state index is 0.0527. The number of amidine groups is 1. The Kier molecular flexibility index (Phi) is 21.5. The third-order valence-corrected chi connectivity index (χ3v) is 14.9. The van der Waals surface area contributed by atoms with Gasteiger partial charge in [0.15, 0.2) is 0 Å². The van der Waals surface area contributed by atoms with Gasteiger partial charge in [0.1, 0.15) is 49.4 Å².